The number of hydrogen-bond acceptors (Lipinski definition) is 6. The maximum absolute atomic E-state index is 12.7. The zero-order valence-electron chi connectivity index (χ0n) is 14.8. The van der Waals surface area contributed by atoms with Gasteiger partial charge in [-0.15, -0.1) is 11.3 Å². The van der Waals surface area contributed by atoms with Crippen LogP contribution in [0.1, 0.15) is 34.8 Å². The van der Waals surface area contributed by atoms with E-state index >= 15 is 0 Å². The van der Waals surface area contributed by atoms with E-state index in [1.54, 1.807) is 5.38 Å². The first-order chi connectivity index (χ1) is 11.9. The van der Waals surface area contributed by atoms with Crippen molar-refractivity contribution >= 4 is 23.2 Å². The summed E-state index contributed by atoms with van der Waals surface area (Å²) in [7, 11) is 2.06. The van der Waals surface area contributed by atoms with Crippen molar-refractivity contribution in [2.75, 3.05) is 33.2 Å². The molecule has 3 atom stereocenters. The lowest BCUT2D eigenvalue weighted by molar-refractivity contribution is -0.139. The lowest BCUT2D eigenvalue weighted by Gasteiger charge is -2.38. The lowest BCUT2D eigenvalue weighted by atomic mass is 9.83. The van der Waals surface area contributed by atoms with Gasteiger partial charge < -0.3 is 20.2 Å². The first-order valence-corrected chi connectivity index (χ1v) is 9.70. The number of aliphatic hydroxyl groups is 1. The number of thiazole rings is 1. The predicted molar refractivity (Wildman–Crippen MR) is 95.5 cm³/mol. The highest BCUT2D eigenvalue weighted by molar-refractivity contribution is 7.09. The molecule has 2 amide bonds. The van der Waals surface area contributed by atoms with E-state index in [-0.39, 0.29) is 23.8 Å². The minimum Gasteiger partial charge on any atom is -0.391 e. The van der Waals surface area contributed by atoms with Crippen molar-refractivity contribution in [3.8, 4) is 0 Å². The van der Waals surface area contributed by atoms with Crippen LogP contribution in [0.4, 0.5) is 0 Å². The van der Waals surface area contributed by atoms with Gasteiger partial charge in [0, 0.05) is 37.5 Å². The molecule has 0 aromatic carbocycles. The van der Waals surface area contributed by atoms with Crippen molar-refractivity contribution < 1.29 is 14.7 Å². The molecule has 1 aromatic rings. The number of carbonyl (C=O) groups is 2. The molecule has 1 aromatic heterocycles. The van der Waals surface area contributed by atoms with Gasteiger partial charge in [0.1, 0.15) is 5.69 Å². The highest BCUT2D eigenvalue weighted by Gasteiger charge is 2.36. The molecule has 1 aliphatic carbocycles. The van der Waals surface area contributed by atoms with Gasteiger partial charge in [0.2, 0.25) is 5.91 Å². The fourth-order valence-electron chi connectivity index (χ4n) is 3.53. The van der Waals surface area contributed by atoms with Crippen LogP contribution in [0.25, 0.3) is 0 Å². The van der Waals surface area contributed by atoms with Gasteiger partial charge in [0.25, 0.3) is 5.91 Å². The molecule has 2 aliphatic rings. The molecule has 1 aliphatic heterocycles. The molecule has 8 heteroatoms. The van der Waals surface area contributed by atoms with E-state index in [9.17, 15) is 14.7 Å². The average molecular weight is 366 g/mol. The number of aromatic nitrogens is 1. The molecule has 1 saturated heterocycles. The van der Waals surface area contributed by atoms with E-state index in [0.717, 1.165) is 31.2 Å². The van der Waals surface area contributed by atoms with Crippen LogP contribution in [-0.4, -0.2) is 77.1 Å². The highest BCUT2D eigenvalue weighted by Crippen LogP contribution is 2.27. The van der Waals surface area contributed by atoms with Crippen molar-refractivity contribution in [1.29, 1.82) is 0 Å². The van der Waals surface area contributed by atoms with Crippen LogP contribution >= 0.6 is 11.3 Å². The fraction of sp³-hybridized carbons (Fsp3) is 0.706. The molecule has 3 rings (SSSR count). The van der Waals surface area contributed by atoms with Gasteiger partial charge in [0.05, 0.1) is 17.2 Å². The summed E-state index contributed by atoms with van der Waals surface area (Å²) in [5, 5.41) is 15.8. The van der Waals surface area contributed by atoms with Crippen molar-refractivity contribution in [3.05, 3.63) is 16.1 Å². The number of amides is 2. The maximum atomic E-state index is 12.7. The summed E-state index contributed by atoms with van der Waals surface area (Å²) in [5.41, 5.74) is 0.394. The molecule has 0 spiro atoms. The second-order valence-electron chi connectivity index (χ2n) is 7.04. The molecule has 2 fully saturated rings. The molecule has 0 unspecified atom stereocenters. The molecular formula is C17H26N4O3S. The van der Waals surface area contributed by atoms with Crippen LogP contribution in [0.5, 0.6) is 0 Å². The third-order valence-corrected chi connectivity index (χ3v) is 5.92. The summed E-state index contributed by atoms with van der Waals surface area (Å²) in [4.78, 5) is 33.2. The van der Waals surface area contributed by atoms with Gasteiger partial charge in [0.15, 0.2) is 0 Å². The molecule has 0 radical (unpaired) electrons. The van der Waals surface area contributed by atoms with Crippen LogP contribution in [0, 0.1) is 12.8 Å². The first-order valence-electron chi connectivity index (χ1n) is 8.82. The Bertz CT molecular complexity index is 627. The molecule has 7 nitrogen and oxygen atoms in total. The Morgan fingerprint density at radius 1 is 1.28 bits per heavy atom. The number of nitrogens with zero attached hydrogens (tertiary/aromatic N) is 3. The molecule has 1 saturated carbocycles. The van der Waals surface area contributed by atoms with Crippen LogP contribution in [-0.2, 0) is 4.79 Å². The van der Waals surface area contributed by atoms with Gasteiger partial charge >= 0.3 is 0 Å². The fourth-order valence-corrected chi connectivity index (χ4v) is 4.13. The third-order valence-electron chi connectivity index (χ3n) is 5.15. The number of piperazine rings is 1. The second-order valence-corrected chi connectivity index (χ2v) is 8.10. The Labute approximate surface area is 152 Å². The number of aliphatic hydroxyl groups excluding tert-OH is 1. The standard InChI is InChI=1S/C17H26N4O3S/c1-11-18-14(10-25-11)16(23)19-13-4-3-12(9-15(13)22)17(24)21-7-5-20(2)6-8-21/h10,12-13,15,22H,3-9H2,1-2H3,(H,19,23)/t12-,13-,15-/m0/s1. The van der Waals surface area contributed by atoms with E-state index in [0.29, 0.717) is 25.0 Å². The average Bonchev–Trinajstić information content (AvgIpc) is 3.03. The van der Waals surface area contributed by atoms with Crippen LogP contribution in [0.2, 0.25) is 0 Å². The second kappa shape index (κ2) is 7.80. The minimum atomic E-state index is -0.696. The smallest absolute Gasteiger partial charge is 0.271 e. The molecule has 25 heavy (non-hydrogen) atoms. The zero-order chi connectivity index (χ0) is 18.0. The summed E-state index contributed by atoms with van der Waals surface area (Å²) in [6, 6.07) is -0.314. The number of hydrogen-bond donors (Lipinski definition) is 2. The van der Waals surface area contributed by atoms with Gasteiger partial charge in [-0.2, -0.15) is 0 Å². The Hall–Kier alpha value is -1.51. The van der Waals surface area contributed by atoms with Gasteiger partial charge in [-0.05, 0) is 33.2 Å². The topological polar surface area (TPSA) is 85.8 Å². The molecule has 0 bridgehead atoms. The maximum Gasteiger partial charge on any atom is 0.271 e. The summed E-state index contributed by atoms with van der Waals surface area (Å²) in [6.45, 7) is 5.15. The normalized spacial score (nSPS) is 28.0. The van der Waals surface area contributed by atoms with E-state index < -0.39 is 6.10 Å². The lowest BCUT2D eigenvalue weighted by Crippen LogP contribution is -2.52. The molecule has 2 heterocycles. The number of nitrogens with one attached hydrogen (secondary N) is 1. The third kappa shape index (κ3) is 4.37. The Kier molecular flexibility index (Phi) is 5.71. The van der Waals surface area contributed by atoms with Crippen LogP contribution < -0.4 is 5.32 Å². The zero-order valence-corrected chi connectivity index (χ0v) is 15.6. The SMILES string of the molecule is Cc1nc(C(=O)N[C@H]2CC[C@H](C(=O)N3CCN(C)CC3)C[C@@H]2O)cs1. The van der Waals surface area contributed by atoms with Crippen molar-refractivity contribution in [2.45, 2.75) is 38.3 Å². The van der Waals surface area contributed by atoms with Gasteiger partial charge in [-0.25, -0.2) is 4.98 Å². The Morgan fingerprint density at radius 3 is 2.60 bits per heavy atom. The number of aryl methyl sites for hydroxylation is 1. The highest BCUT2D eigenvalue weighted by atomic mass is 32.1. The summed E-state index contributed by atoms with van der Waals surface area (Å²) in [6.07, 6.45) is 1.02. The summed E-state index contributed by atoms with van der Waals surface area (Å²) in [5.74, 6) is -0.252. The van der Waals surface area contributed by atoms with E-state index in [1.165, 1.54) is 11.3 Å². The van der Waals surface area contributed by atoms with Gasteiger partial charge in [-0.1, -0.05) is 0 Å². The minimum absolute atomic E-state index is 0.145. The van der Waals surface area contributed by atoms with Crippen molar-refractivity contribution in [2.24, 2.45) is 5.92 Å². The molecule has 138 valence electrons. The molecule has 2 N–H and O–H groups in total. The molecular weight excluding hydrogens is 340 g/mol. The largest absolute Gasteiger partial charge is 0.391 e. The van der Waals surface area contributed by atoms with Crippen molar-refractivity contribution in [3.63, 3.8) is 0 Å². The van der Waals surface area contributed by atoms with E-state index in [2.05, 4.69) is 22.2 Å². The summed E-state index contributed by atoms with van der Waals surface area (Å²) >= 11 is 1.43. The number of carbonyl (C=O) groups excluding carboxylic acids is 2. The summed E-state index contributed by atoms with van der Waals surface area (Å²) < 4.78 is 0. The predicted octanol–water partition coefficient (Wildman–Crippen LogP) is 0.485. The van der Waals surface area contributed by atoms with E-state index in [4.69, 9.17) is 0 Å². The Morgan fingerprint density at radius 2 is 2.00 bits per heavy atom. The number of rotatable bonds is 3. The first kappa shape index (κ1) is 18.3. The Balaban J connectivity index is 1.52. The quantitative estimate of drug-likeness (QED) is 0.813. The monoisotopic (exact) mass is 366 g/mol. The van der Waals surface area contributed by atoms with Crippen LogP contribution in [0.15, 0.2) is 5.38 Å². The van der Waals surface area contributed by atoms with E-state index in [1.807, 2.05) is 11.8 Å². The number of likely N-dealkylation sites (N-methyl/N-ethyl adjacent to an activating group) is 1. The van der Waals surface area contributed by atoms with Crippen molar-refractivity contribution in [1.82, 2.24) is 20.1 Å². The van der Waals surface area contributed by atoms with Gasteiger partial charge in [-0.3, -0.25) is 9.59 Å². The van der Waals surface area contributed by atoms with Crippen LogP contribution in [0.3, 0.4) is 0 Å².